The molecule has 1 aromatic heterocycles. The van der Waals surface area contributed by atoms with E-state index >= 15 is 0 Å². The molecule has 114 valence electrons. The minimum atomic E-state index is 0. The summed E-state index contributed by atoms with van der Waals surface area (Å²) in [5, 5.41) is 7.26. The van der Waals surface area contributed by atoms with Crippen LogP contribution in [0.5, 0.6) is 0 Å². The van der Waals surface area contributed by atoms with Crippen molar-refractivity contribution in [3.63, 3.8) is 0 Å². The molecular formula is C14H25ClN4O. The van der Waals surface area contributed by atoms with Crippen molar-refractivity contribution in [3.8, 4) is 0 Å². The van der Waals surface area contributed by atoms with Crippen molar-refractivity contribution in [2.24, 2.45) is 23.5 Å². The van der Waals surface area contributed by atoms with Crippen LogP contribution in [0.2, 0.25) is 0 Å². The molecule has 0 saturated heterocycles. The Morgan fingerprint density at radius 1 is 1.55 bits per heavy atom. The number of hydrogen-bond acceptors (Lipinski definition) is 3. The first-order valence-corrected chi connectivity index (χ1v) is 7.14. The van der Waals surface area contributed by atoms with Crippen LogP contribution < -0.4 is 11.1 Å². The lowest BCUT2D eigenvalue weighted by molar-refractivity contribution is -0.120. The first-order chi connectivity index (χ1) is 9.11. The van der Waals surface area contributed by atoms with E-state index in [4.69, 9.17) is 5.73 Å². The Kier molecular flexibility index (Phi) is 6.49. The molecule has 0 spiro atoms. The van der Waals surface area contributed by atoms with Crippen LogP contribution in [0.1, 0.15) is 33.1 Å². The van der Waals surface area contributed by atoms with Gasteiger partial charge in [0.25, 0.3) is 0 Å². The average Bonchev–Trinajstić information content (AvgIpc) is 2.97. The maximum absolute atomic E-state index is 12.3. The van der Waals surface area contributed by atoms with Crippen LogP contribution in [0, 0.1) is 17.8 Å². The smallest absolute Gasteiger partial charge is 0.228 e. The molecule has 1 aromatic rings. The van der Waals surface area contributed by atoms with Gasteiger partial charge in [-0.3, -0.25) is 4.79 Å². The molecule has 1 fully saturated rings. The summed E-state index contributed by atoms with van der Waals surface area (Å²) in [6.45, 7) is 5.68. The number of nitrogens with two attached hydrogens (primary N) is 1. The van der Waals surface area contributed by atoms with Gasteiger partial charge in [-0.15, -0.1) is 12.4 Å². The molecule has 0 aromatic carbocycles. The van der Waals surface area contributed by atoms with Crippen LogP contribution in [-0.2, 0) is 11.3 Å². The molecule has 2 rings (SSSR count). The predicted molar refractivity (Wildman–Crippen MR) is 82.8 cm³/mol. The van der Waals surface area contributed by atoms with Gasteiger partial charge < -0.3 is 11.1 Å². The van der Waals surface area contributed by atoms with E-state index in [0.717, 1.165) is 31.6 Å². The Bertz CT molecular complexity index is 433. The van der Waals surface area contributed by atoms with Gasteiger partial charge in [0, 0.05) is 18.5 Å². The lowest BCUT2D eigenvalue weighted by Gasteiger charge is -2.18. The molecule has 0 radical (unpaired) electrons. The van der Waals surface area contributed by atoms with Crippen LogP contribution in [0.4, 0.5) is 5.82 Å². The third-order valence-electron chi connectivity index (χ3n) is 3.80. The molecule has 0 bridgehead atoms. The average molecular weight is 301 g/mol. The van der Waals surface area contributed by atoms with Gasteiger partial charge in [-0.05, 0) is 31.2 Å². The van der Waals surface area contributed by atoms with Gasteiger partial charge in [0.1, 0.15) is 5.82 Å². The molecule has 1 aliphatic carbocycles. The zero-order valence-corrected chi connectivity index (χ0v) is 13.0. The van der Waals surface area contributed by atoms with Crippen LogP contribution in [0.25, 0.3) is 0 Å². The Hall–Kier alpha value is -1.07. The highest BCUT2D eigenvalue weighted by Gasteiger charge is 2.32. The molecule has 3 N–H and O–H groups in total. The molecule has 2 atom stereocenters. The Morgan fingerprint density at radius 3 is 2.95 bits per heavy atom. The lowest BCUT2D eigenvalue weighted by atomic mass is 9.95. The van der Waals surface area contributed by atoms with Crippen LogP contribution in [-0.4, -0.2) is 22.2 Å². The summed E-state index contributed by atoms with van der Waals surface area (Å²) in [5.41, 5.74) is 5.73. The fourth-order valence-electron chi connectivity index (χ4n) is 2.81. The minimum Gasteiger partial charge on any atom is -0.330 e. The molecule has 0 aliphatic heterocycles. The fraction of sp³-hybridized carbons (Fsp3) is 0.714. The molecule has 1 heterocycles. The van der Waals surface area contributed by atoms with E-state index in [-0.39, 0.29) is 24.2 Å². The third kappa shape index (κ3) is 3.96. The number of halogens is 1. The second kappa shape index (κ2) is 7.64. The summed E-state index contributed by atoms with van der Waals surface area (Å²) in [6.07, 6.45) is 4.85. The van der Waals surface area contributed by atoms with E-state index in [1.54, 1.807) is 6.20 Å². The summed E-state index contributed by atoms with van der Waals surface area (Å²) in [5.74, 6) is 1.78. The predicted octanol–water partition coefficient (Wildman–Crippen LogP) is 2.27. The monoisotopic (exact) mass is 300 g/mol. The number of aromatic nitrogens is 2. The van der Waals surface area contributed by atoms with Crippen LogP contribution in [0.3, 0.4) is 0 Å². The SMILES string of the molecule is CC(C)Cn1nccc1NC(=O)[C@@H]1CCC[C@@H]1CN.Cl. The summed E-state index contributed by atoms with van der Waals surface area (Å²) < 4.78 is 1.86. The molecule has 1 amide bonds. The molecule has 1 saturated carbocycles. The van der Waals surface area contributed by atoms with E-state index < -0.39 is 0 Å². The minimum absolute atomic E-state index is 0. The highest BCUT2D eigenvalue weighted by molar-refractivity contribution is 5.92. The van der Waals surface area contributed by atoms with Gasteiger partial charge in [-0.25, -0.2) is 4.68 Å². The molecule has 6 heteroatoms. The number of nitrogens with one attached hydrogen (secondary N) is 1. The number of amides is 1. The summed E-state index contributed by atoms with van der Waals surface area (Å²) >= 11 is 0. The lowest BCUT2D eigenvalue weighted by Crippen LogP contribution is -2.30. The molecular weight excluding hydrogens is 276 g/mol. The number of nitrogens with zero attached hydrogens (tertiary/aromatic N) is 2. The van der Waals surface area contributed by atoms with Crippen molar-refractivity contribution in [1.29, 1.82) is 0 Å². The van der Waals surface area contributed by atoms with Gasteiger partial charge in [0.05, 0.1) is 6.20 Å². The van der Waals surface area contributed by atoms with Gasteiger partial charge in [0.15, 0.2) is 0 Å². The standard InChI is InChI=1S/C14H24N4O.ClH/c1-10(2)9-18-13(6-7-16-18)17-14(19)12-5-3-4-11(12)8-15;/h6-7,10-12H,3-5,8-9,15H2,1-2H3,(H,17,19);1H/t11-,12-;/m1./s1. The van der Waals surface area contributed by atoms with Crippen molar-refractivity contribution in [1.82, 2.24) is 9.78 Å². The first kappa shape index (κ1) is 17.0. The van der Waals surface area contributed by atoms with E-state index in [1.165, 1.54) is 0 Å². The highest BCUT2D eigenvalue weighted by atomic mass is 35.5. The Balaban J connectivity index is 0.00000200. The van der Waals surface area contributed by atoms with Crippen molar-refractivity contribution in [3.05, 3.63) is 12.3 Å². The third-order valence-corrected chi connectivity index (χ3v) is 3.80. The summed E-state index contributed by atoms with van der Waals surface area (Å²) in [6, 6.07) is 1.85. The first-order valence-electron chi connectivity index (χ1n) is 7.14. The highest BCUT2D eigenvalue weighted by Crippen LogP contribution is 2.31. The second-order valence-corrected chi connectivity index (χ2v) is 5.81. The largest absolute Gasteiger partial charge is 0.330 e. The van der Waals surface area contributed by atoms with Crippen molar-refractivity contribution < 1.29 is 4.79 Å². The Morgan fingerprint density at radius 2 is 2.30 bits per heavy atom. The van der Waals surface area contributed by atoms with Gasteiger partial charge in [-0.1, -0.05) is 20.3 Å². The van der Waals surface area contributed by atoms with Gasteiger partial charge in [0.2, 0.25) is 5.91 Å². The molecule has 0 unspecified atom stereocenters. The van der Waals surface area contributed by atoms with Gasteiger partial charge in [-0.2, -0.15) is 5.10 Å². The number of hydrogen-bond donors (Lipinski definition) is 2. The molecule has 20 heavy (non-hydrogen) atoms. The molecule has 5 nitrogen and oxygen atoms in total. The maximum atomic E-state index is 12.3. The zero-order valence-electron chi connectivity index (χ0n) is 12.2. The van der Waals surface area contributed by atoms with Crippen molar-refractivity contribution >= 4 is 24.1 Å². The van der Waals surface area contributed by atoms with Crippen molar-refractivity contribution in [2.75, 3.05) is 11.9 Å². The number of carbonyl (C=O) groups excluding carboxylic acids is 1. The fourth-order valence-corrected chi connectivity index (χ4v) is 2.81. The van der Waals surface area contributed by atoms with Crippen molar-refractivity contribution in [2.45, 2.75) is 39.7 Å². The van der Waals surface area contributed by atoms with E-state index in [9.17, 15) is 4.79 Å². The molecule has 1 aliphatic rings. The number of anilines is 1. The summed E-state index contributed by atoms with van der Waals surface area (Å²) in [7, 11) is 0. The second-order valence-electron chi connectivity index (χ2n) is 5.81. The van der Waals surface area contributed by atoms with Gasteiger partial charge >= 0.3 is 0 Å². The number of rotatable bonds is 5. The summed E-state index contributed by atoms with van der Waals surface area (Å²) in [4.78, 5) is 12.3. The van der Waals surface area contributed by atoms with Crippen LogP contribution >= 0.6 is 12.4 Å². The quantitative estimate of drug-likeness (QED) is 0.876. The van der Waals surface area contributed by atoms with E-state index in [0.29, 0.717) is 18.4 Å². The zero-order chi connectivity index (χ0) is 13.8. The Labute approximate surface area is 126 Å². The number of carbonyl (C=O) groups is 1. The maximum Gasteiger partial charge on any atom is 0.228 e. The van der Waals surface area contributed by atoms with Crippen LogP contribution in [0.15, 0.2) is 12.3 Å². The topological polar surface area (TPSA) is 72.9 Å². The van der Waals surface area contributed by atoms with E-state index in [2.05, 4.69) is 24.3 Å². The normalized spacial score (nSPS) is 21.8. The van der Waals surface area contributed by atoms with E-state index in [1.807, 2.05) is 10.7 Å².